The van der Waals surface area contributed by atoms with Crippen molar-refractivity contribution < 1.29 is 37.1 Å². The van der Waals surface area contributed by atoms with Gasteiger partial charge in [-0.05, 0) is 115 Å². The SMILES string of the molecule is Cc1nc2ccc(Cl)cc2c2c1O[C@]1(CC2)C[C@H]2C(=O)C[C@]3(C(=O)NS(=O)(=O)C4(C)CC4)C[C@H]3/C=C\CCCCC[C@H](CC(=O)OC3CCCCC3)C(=O)N2C1. The van der Waals surface area contributed by atoms with Crippen LogP contribution in [0, 0.1) is 24.2 Å². The molecule has 3 aliphatic carbocycles. The Balaban J connectivity index is 1.12. The lowest BCUT2D eigenvalue weighted by Crippen LogP contribution is -2.48. The molecule has 4 heterocycles. The fourth-order valence-corrected chi connectivity index (χ4v) is 11.3. The van der Waals surface area contributed by atoms with Gasteiger partial charge in [0, 0.05) is 34.7 Å². The molecule has 0 unspecified atom stereocenters. The molecule has 1 aromatic heterocycles. The summed E-state index contributed by atoms with van der Waals surface area (Å²) in [7, 11) is -3.94. The molecular formula is C43H54ClN3O8S. The minimum absolute atomic E-state index is 0.0653. The number of carbonyl (C=O) groups excluding carboxylic acids is 4. The summed E-state index contributed by atoms with van der Waals surface area (Å²) < 4.78 is 40.7. The number of aryl methyl sites for hydroxylation is 2. The fourth-order valence-electron chi connectivity index (χ4n) is 9.75. The molecule has 13 heteroatoms. The molecule has 2 aromatic rings. The van der Waals surface area contributed by atoms with Gasteiger partial charge in [0.1, 0.15) is 17.5 Å². The number of aromatic nitrogens is 1. The lowest BCUT2D eigenvalue weighted by molar-refractivity contribution is -0.155. The molecule has 11 nitrogen and oxygen atoms in total. The second-order valence-electron chi connectivity index (χ2n) is 17.8. The Morgan fingerprint density at radius 2 is 1.79 bits per heavy atom. The van der Waals surface area contributed by atoms with Crippen molar-refractivity contribution in [3.8, 4) is 5.75 Å². The summed E-state index contributed by atoms with van der Waals surface area (Å²) in [4.78, 5) is 63.7. The van der Waals surface area contributed by atoms with Gasteiger partial charge in [-0.2, -0.15) is 0 Å². The predicted octanol–water partition coefficient (Wildman–Crippen LogP) is 7.23. The number of pyridine rings is 1. The molecule has 56 heavy (non-hydrogen) atoms. The molecule has 1 spiro atoms. The first kappa shape index (κ1) is 39.3. The Labute approximate surface area is 334 Å². The van der Waals surface area contributed by atoms with Gasteiger partial charge in [0.15, 0.2) is 5.78 Å². The van der Waals surface area contributed by atoms with E-state index in [0.717, 1.165) is 74.3 Å². The maximum atomic E-state index is 14.9. The Hall–Kier alpha value is -3.51. The number of carbonyl (C=O) groups is 4. The number of ether oxygens (including phenoxy) is 2. The van der Waals surface area contributed by atoms with Crippen molar-refractivity contribution in [2.24, 2.45) is 17.3 Å². The standard InChI is InChI=1S/C43H54ClN3O8S/c1-27-38-32(33-22-30(44)15-16-34(33)45-27)17-18-42(55-38)24-35-36(48)25-43(40(51)46-56(52,53)41(2)19-20-41)23-29(43)12-8-5-3-4-7-11-28(39(50)47(35)26-42)21-37(49)54-31-13-9-6-10-14-31/h8,12,15-16,22,28-29,31,35H,3-7,9-11,13-14,17-21,23-26H2,1-2H3,(H,46,51)/b12-8-/t28-,29-,35+,42-,43-/m1/s1. The monoisotopic (exact) mass is 807 g/mol. The maximum absolute atomic E-state index is 14.9. The lowest BCUT2D eigenvalue weighted by Gasteiger charge is -2.36. The van der Waals surface area contributed by atoms with Crippen LogP contribution >= 0.6 is 11.6 Å². The van der Waals surface area contributed by atoms with Gasteiger partial charge in [-0.25, -0.2) is 13.4 Å². The average molecular weight is 808 g/mol. The van der Waals surface area contributed by atoms with E-state index >= 15 is 0 Å². The molecule has 302 valence electrons. The van der Waals surface area contributed by atoms with Gasteiger partial charge in [-0.15, -0.1) is 0 Å². The van der Waals surface area contributed by atoms with Crippen molar-refractivity contribution in [3.05, 3.63) is 46.6 Å². The van der Waals surface area contributed by atoms with Crippen LogP contribution in [0.3, 0.4) is 0 Å². The number of rotatable bonds is 6. The second-order valence-corrected chi connectivity index (χ2v) is 20.5. The summed E-state index contributed by atoms with van der Waals surface area (Å²) in [5.74, 6) is -1.97. The summed E-state index contributed by atoms with van der Waals surface area (Å²) >= 11 is 6.41. The predicted molar refractivity (Wildman–Crippen MR) is 211 cm³/mol. The van der Waals surface area contributed by atoms with Crippen LogP contribution in [0.25, 0.3) is 10.9 Å². The third-order valence-electron chi connectivity index (χ3n) is 13.7. The molecule has 5 atom stereocenters. The first-order chi connectivity index (χ1) is 26.7. The molecule has 1 N–H and O–H groups in total. The quantitative estimate of drug-likeness (QED) is 0.236. The van der Waals surface area contributed by atoms with Gasteiger partial charge >= 0.3 is 5.97 Å². The summed E-state index contributed by atoms with van der Waals surface area (Å²) in [5, 5.41) is 1.49. The van der Waals surface area contributed by atoms with Crippen LogP contribution in [-0.2, 0) is 40.4 Å². The number of hydrogen-bond acceptors (Lipinski definition) is 9. The van der Waals surface area contributed by atoms with Gasteiger partial charge in [0.05, 0.1) is 40.4 Å². The second kappa shape index (κ2) is 15.0. The summed E-state index contributed by atoms with van der Waals surface area (Å²) in [6.45, 7) is 3.66. The molecule has 1 saturated heterocycles. The van der Waals surface area contributed by atoms with Crippen LogP contribution in [-0.4, -0.2) is 70.9 Å². The lowest BCUT2D eigenvalue weighted by atomic mass is 9.85. The van der Waals surface area contributed by atoms with Gasteiger partial charge in [0.2, 0.25) is 21.8 Å². The van der Waals surface area contributed by atoms with E-state index in [4.69, 9.17) is 26.1 Å². The zero-order chi connectivity index (χ0) is 39.5. The molecule has 3 aliphatic heterocycles. The summed E-state index contributed by atoms with van der Waals surface area (Å²) in [6, 6.07) is 4.66. The van der Waals surface area contributed by atoms with Crippen LogP contribution in [0.5, 0.6) is 5.75 Å². The molecular weight excluding hydrogens is 754 g/mol. The Bertz CT molecular complexity index is 2080. The van der Waals surface area contributed by atoms with E-state index < -0.39 is 43.7 Å². The third-order valence-corrected chi connectivity index (χ3v) is 16.1. The zero-order valence-electron chi connectivity index (χ0n) is 32.6. The van der Waals surface area contributed by atoms with E-state index in [9.17, 15) is 27.6 Å². The molecule has 8 rings (SSSR count). The van der Waals surface area contributed by atoms with Crippen molar-refractivity contribution in [2.75, 3.05) is 6.54 Å². The number of nitrogens with one attached hydrogen (secondary N) is 1. The third kappa shape index (κ3) is 7.61. The average Bonchev–Trinajstić information content (AvgIpc) is 4.06. The Morgan fingerprint density at radius 1 is 1.04 bits per heavy atom. The summed E-state index contributed by atoms with van der Waals surface area (Å²) in [5.41, 5.74) is 0.348. The van der Waals surface area contributed by atoms with Crippen molar-refractivity contribution in [2.45, 2.75) is 152 Å². The normalized spacial score (nSPS) is 31.3. The van der Waals surface area contributed by atoms with E-state index in [0.29, 0.717) is 55.0 Å². The van der Waals surface area contributed by atoms with Crippen molar-refractivity contribution in [1.82, 2.24) is 14.6 Å². The number of benzene rings is 1. The van der Waals surface area contributed by atoms with Crippen LogP contribution in [0.1, 0.15) is 127 Å². The molecule has 0 bridgehead atoms. The minimum Gasteiger partial charge on any atom is -0.483 e. The highest BCUT2D eigenvalue weighted by atomic mass is 35.5. The maximum Gasteiger partial charge on any atom is 0.306 e. The molecule has 2 amide bonds. The minimum atomic E-state index is -3.94. The van der Waals surface area contributed by atoms with E-state index in [2.05, 4.69) is 4.72 Å². The van der Waals surface area contributed by atoms with Crippen molar-refractivity contribution in [3.63, 3.8) is 0 Å². The van der Waals surface area contributed by atoms with Gasteiger partial charge in [-0.1, -0.05) is 43.0 Å². The van der Waals surface area contributed by atoms with Crippen LogP contribution in [0.15, 0.2) is 30.4 Å². The Kier molecular flexibility index (Phi) is 10.5. The Morgan fingerprint density at radius 3 is 2.55 bits per heavy atom. The number of ketones is 1. The van der Waals surface area contributed by atoms with Crippen molar-refractivity contribution >= 4 is 56.1 Å². The number of amides is 2. The molecule has 4 fully saturated rings. The van der Waals surface area contributed by atoms with Crippen LogP contribution in [0.4, 0.5) is 0 Å². The highest BCUT2D eigenvalue weighted by molar-refractivity contribution is 7.91. The van der Waals surface area contributed by atoms with Gasteiger partial charge in [-0.3, -0.25) is 23.9 Å². The van der Waals surface area contributed by atoms with E-state index in [1.807, 2.05) is 37.3 Å². The van der Waals surface area contributed by atoms with Gasteiger partial charge < -0.3 is 14.4 Å². The van der Waals surface area contributed by atoms with Crippen LogP contribution in [0.2, 0.25) is 5.02 Å². The number of hydrogen-bond donors (Lipinski definition) is 1. The number of halogens is 1. The zero-order valence-corrected chi connectivity index (χ0v) is 34.2. The van der Waals surface area contributed by atoms with Gasteiger partial charge in [0.25, 0.3) is 0 Å². The first-order valence-corrected chi connectivity index (χ1v) is 22.6. The smallest absolute Gasteiger partial charge is 0.306 e. The highest BCUT2D eigenvalue weighted by Gasteiger charge is 2.63. The number of fused-ring (bicyclic) bond motifs is 5. The fraction of sp³-hybridized carbons (Fsp3) is 0.651. The van der Waals surface area contributed by atoms with Crippen LogP contribution < -0.4 is 9.46 Å². The van der Waals surface area contributed by atoms with E-state index in [1.54, 1.807) is 11.8 Å². The number of sulfonamides is 1. The number of esters is 1. The number of allylic oxidation sites excluding steroid dienone is 2. The molecule has 1 aromatic carbocycles. The summed E-state index contributed by atoms with van der Waals surface area (Å²) in [6.07, 6.45) is 14.7. The molecule has 6 aliphatic rings. The topological polar surface area (TPSA) is 149 Å². The van der Waals surface area contributed by atoms with E-state index in [1.165, 1.54) is 0 Å². The van der Waals surface area contributed by atoms with E-state index in [-0.39, 0.29) is 55.5 Å². The largest absolute Gasteiger partial charge is 0.483 e. The first-order valence-electron chi connectivity index (χ1n) is 20.8. The molecule has 0 radical (unpaired) electrons. The van der Waals surface area contributed by atoms with Crippen molar-refractivity contribution in [1.29, 1.82) is 0 Å². The number of nitrogens with zero attached hydrogens (tertiary/aromatic N) is 2. The highest BCUT2D eigenvalue weighted by Crippen LogP contribution is 2.58. The molecule has 3 saturated carbocycles. The number of Topliss-reactive ketones (excluding diaryl/α,β-unsaturated/α-hetero) is 1.